The topological polar surface area (TPSA) is 74.2 Å². The van der Waals surface area contributed by atoms with Crippen LogP contribution in [-0.2, 0) is 9.53 Å². The third-order valence-electron chi connectivity index (χ3n) is 5.84. The number of ether oxygens (including phenoxy) is 3. The fourth-order valence-electron chi connectivity index (χ4n) is 3.83. The Hall–Kier alpha value is -4.97. The summed E-state index contributed by atoms with van der Waals surface area (Å²) in [5, 5.41) is 0. The zero-order valence-corrected chi connectivity index (χ0v) is 20.3. The van der Waals surface area contributed by atoms with Gasteiger partial charge in [-0.15, -0.1) is 0 Å². The fraction of sp³-hybridized carbons (Fsp3) is 0.0645. The molecule has 0 aromatic heterocycles. The van der Waals surface area contributed by atoms with Crippen molar-refractivity contribution >= 4 is 23.9 Å². The Kier molecular flexibility index (Phi) is 6.64. The van der Waals surface area contributed by atoms with Crippen LogP contribution >= 0.6 is 0 Å². The highest BCUT2D eigenvalue weighted by Gasteiger charge is 2.24. The zero-order chi connectivity index (χ0) is 25.8. The van der Waals surface area contributed by atoms with Crippen LogP contribution in [0.1, 0.15) is 27.0 Å². The summed E-state index contributed by atoms with van der Waals surface area (Å²) in [6.45, 7) is 1.94. The quantitative estimate of drug-likeness (QED) is 0.182. The predicted octanol–water partition coefficient (Wildman–Crippen LogP) is 6.23. The van der Waals surface area contributed by atoms with Gasteiger partial charge in [0, 0.05) is 5.56 Å². The van der Waals surface area contributed by atoms with Crippen molar-refractivity contribution in [2.45, 2.75) is 6.92 Å². The third kappa shape index (κ3) is 5.33. The maximum atomic E-state index is 12.5. The van der Waals surface area contributed by atoms with Crippen molar-refractivity contribution in [3.05, 3.63) is 125 Å². The van der Waals surface area contributed by atoms with E-state index < -0.39 is 11.9 Å². The van der Waals surface area contributed by atoms with Crippen LogP contribution in [0.25, 0.3) is 17.2 Å². The van der Waals surface area contributed by atoms with Gasteiger partial charge in [-0.1, -0.05) is 66.2 Å². The lowest BCUT2D eigenvalue weighted by atomic mass is 10.0. The molecule has 0 radical (unpaired) electrons. The van der Waals surface area contributed by atoms with Gasteiger partial charge in [0.1, 0.15) is 0 Å². The van der Waals surface area contributed by atoms with Crippen LogP contribution in [0, 0.1) is 6.92 Å². The molecule has 6 nitrogen and oxygen atoms in total. The molecule has 0 saturated carbocycles. The van der Waals surface area contributed by atoms with E-state index >= 15 is 0 Å². The second-order valence-electron chi connectivity index (χ2n) is 8.45. The average Bonchev–Trinajstić information content (AvgIpc) is 3.30. The van der Waals surface area contributed by atoms with Gasteiger partial charge >= 0.3 is 11.9 Å². The average molecular weight is 490 g/mol. The first-order valence-corrected chi connectivity index (χ1v) is 11.7. The van der Waals surface area contributed by atoms with Gasteiger partial charge in [0.15, 0.2) is 17.2 Å². The smallest absolute Gasteiger partial charge is 0.363 e. The summed E-state index contributed by atoms with van der Waals surface area (Å²) in [4.78, 5) is 29.4. The third-order valence-corrected chi connectivity index (χ3v) is 5.84. The van der Waals surface area contributed by atoms with E-state index in [0.29, 0.717) is 22.4 Å². The Morgan fingerprint density at radius 3 is 2.19 bits per heavy atom. The van der Waals surface area contributed by atoms with Crippen molar-refractivity contribution in [3.8, 4) is 22.6 Å². The van der Waals surface area contributed by atoms with Crippen LogP contribution in [0.3, 0.4) is 0 Å². The predicted molar refractivity (Wildman–Crippen MR) is 142 cm³/mol. The number of benzene rings is 4. The molecule has 6 heteroatoms. The van der Waals surface area contributed by atoms with Gasteiger partial charge in [-0.3, -0.25) is 0 Å². The summed E-state index contributed by atoms with van der Waals surface area (Å²) >= 11 is 0. The van der Waals surface area contributed by atoms with Crippen molar-refractivity contribution in [3.63, 3.8) is 0 Å². The Morgan fingerprint density at radius 1 is 0.811 bits per heavy atom. The number of nitrogens with zero attached hydrogens (tertiary/aromatic N) is 1. The standard InChI is InChI=1S/C31H23NO5/c1-20-8-11-25(12-9-20)30(33)36-27-17-10-21(19-28(27)35-2)18-26-31(34)37-29(32-26)24-15-13-23(14-16-24)22-6-4-3-5-7-22/h3-19H,1-2H3/b26-18-. The van der Waals surface area contributed by atoms with E-state index in [0.717, 1.165) is 16.7 Å². The van der Waals surface area contributed by atoms with Crippen molar-refractivity contribution in [1.29, 1.82) is 0 Å². The van der Waals surface area contributed by atoms with Crippen LogP contribution in [0.4, 0.5) is 0 Å². The van der Waals surface area contributed by atoms with Crippen LogP contribution in [-0.4, -0.2) is 24.9 Å². The summed E-state index contributed by atoms with van der Waals surface area (Å²) in [5.74, 6) is -0.174. The van der Waals surface area contributed by atoms with Crippen LogP contribution in [0.2, 0.25) is 0 Å². The Labute approximate surface area is 214 Å². The molecule has 37 heavy (non-hydrogen) atoms. The van der Waals surface area contributed by atoms with Crippen LogP contribution in [0.15, 0.2) is 108 Å². The van der Waals surface area contributed by atoms with Gasteiger partial charge in [0.2, 0.25) is 5.90 Å². The van der Waals surface area contributed by atoms with Crippen molar-refractivity contribution in [2.75, 3.05) is 7.11 Å². The molecular weight excluding hydrogens is 466 g/mol. The lowest BCUT2D eigenvalue weighted by Crippen LogP contribution is -2.09. The molecule has 0 saturated heterocycles. The van der Waals surface area contributed by atoms with Gasteiger partial charge in [-0.05, 0) is 66.1 Å². The number of hydrogen-bond donors (Lipinski definition) is 0. The number of carbonyl (C=O) groups is 2. The van der Waals surface area contributed by atoms with Crippen LogP contribution < -0.4 is 9.47 Å². The van der Waals surface area contributed by atoms with Crippen molar-refractivity contribution in [1.82, 2.24) is 0 Å². The number of methoxy groups -OCH3 is 1. The molecule has 4 aromatic rings. The summed E-state index contributed by atoms with van der Waals surface area (Å²) in [7, 11) is 1.48. The maximum Gasteiger partial charge on any atom is 0.363 e. The molecule has 1 aliphatic heterocycles. The highest BCUT2D eigenvalue weighted by Crippen LogP contribution is 2.31. The SMILES string of the molecule is COc1cc(/C=C2\N=C(c3ccc(-c4ccccc4)cc3)OC2=O)ccc1OC(=O)c1ccc(C)cc1. The lowest BCUT2D eigenvalue weighted by Gasteiger charge is -2.10. The van der Waals surface area contributed by atoms with E-state index in [4.69, 9.17) is 14.2 Å². The highest BCUT2D eigenvalue weighted by atomic mass is 16.6. The molecule has 1 heterocycles. The number of carbonyl (C=O) groups excluding carboxylic acids is 2. The normalized spacial score (nSPS) is 13.7. The second kappa shape index (κ2) is 10.3. The number of esters is 2. The van der Waals surface area contributed by atoms with Crippen molar-refractivity contribution in [2.24, 2.45) is 4.99 Å². The fourth-order valence-corrected chi connectivity index (χ4v) is 3.83. The molecule has 4 aromatic carbocycles. The minimum Gasteiger partial charge on any atom is -0.493 e. The summed E-state index contributed by atoms with van der Waals surface area (Å²) in [6, 6.07) is 29.8. The first kappa shape index (κ1) is 23.8. The number of rotatable bonds is 6. The van der Waals surface area contributed by atoms with Gasteiger partial charge in [0.25, 0.3) is 0 Å². The first-order valence-electron chi connectivity index (χ1n) is 11.7. The zero-order valence-electron chi connectivity index (χ0n) is 20.3. The van der Waals surface area contributed by atoms with E-state index in [2.05, 4.69) is 4.99 Å². The Morgan fingerprint density at radius 2 is 1.49 bits per heavy atom. The monoisotopic (exact) mass is 489 g/mol. The van der Waals surface area contributed by atoms with E-state index in [1.807, 2.05) is 73.7 Å². The molecule has 0 N–H and O–H groups in total. The molecule has 0 spiro atoms. The van der Waals surface area contributed by atoms with E-state index in [-0.39, 0.29) is 17.3 Å². The van der Waals surface area contributed by atoms with E-state index in [1.165, 1.54) is 7.11 Å². The molecular formula is C31H23NO5. The summed E-state index contributed by atoms with van der Waals surface area (Å²) in [5.41, 5.74) is 5.14. The lowest BCUT2D eigenvalue weighted by molar-refractivity contribution is -0.129. The van der Waals surface area contributed by atoms with Crippen LogP contribution in [0.5, 0.6) is 11.5 Å². The molecule has 0 bridgehead atoms. The molecule has 182 valence electrons. The summed E-state index contributed by atoms with van der Waals surface area (Å²) < 4.78 is 16.3. The van der Waals surface area contributed by atoms with Crippen molar-refractivity contribution < 1.29 is 23.8 Å². The number of aliphatic imine (C=N–C) groups is 1. The minimum absolute atomic E-state index is 0.161. The molecule has 0 aliphatic carbocycles. The number of cyclic esters (lactones) is 1. The molecule has 5 rings (SSSR count). The molecule has 1 aliphatic rings. The molecule has 0 fully saturated rings. The second-order valence-corrected chi connectivity index (χ2v) is 8.45. The van der Waals surface area contributed by atoms with Gasteiger partial charge in [-0.25, -0.2) is 14.6 Å². The molecule has 0 amide bonds. The minimum atomic E-state index is -0.545. The Bertz CT molecular complexity index is 1520. The van der Waals surface area contributed by atoms with Gasteiger partial charge in [-0.2, -0.15) is 0 Å². The number of hydrogen-bond acceptors (Lipinski definition) is 6. The summed E-state index contributed by atoms with van der Waals surface area (Å²) in [6.07, 6.45) is 1.60. The Balaban J connectivity index is 1.34. The van der Waals surface area contributed by atoms with E-state index in [1.54, 1.807) is 36.4 Å². The molecule has 0 unspecified atom stereocenters. The first-order chi connectivity index (χ1) is 18.0. The number of aryl methyl sites for hydroxylation is 1. The van der Waals surface area contributed by atoms with Gasteiger partial charge in [0.05, 0.1) is 12.7 Å². The van der Waals surface area contributed by atoms with Gasteiger partial charge < -0.3 is 14.2 Å². The highest BCUT2D eigenvalue weighted by molar-refractivity contribution is 6.13. The largest absolute Gasteiger partial charge is 0.493 e. The molecule has 0 atom stereocenters. The van der Waals surface area contributed by atoms with E-state index in [9.17, 15) is 9.59 Å². The maximum absolute atomic E-state index is 12.5.